The zero-order valence-electron chi connectivity index (χ0n) is 13.1. The van der Waals surface area contributed by atoms with E-state index in [1.807, 2.05) is 13.8 Å². The van der Waals surface area contributed by atoms with Gasteiger partial charge in [0.1, 0.15) is 0 Å². The maximum absolute atomic E-state index is 12.8. The highest BCUT2D eigenvalue weighted by molar-refractivity contribution is 7.86. The molecule has 2 heterocycles. The maximum atomic E-state index is 12.8. The number of morpholine rings is 1. The molecule has 6 nitrogen and oxygen atoms in total. The Morgan fingerprint density at radius 1 is 1.19 bits per heavy atom. The van der Waals surface area contributed by atoms with Crippen LogP contribution in [-0.4, -0.2) is 61.5 Å². The molecule has 2 rings (SSSR count). The van der Waals surface area contributed by atoms with Gasteiger partial charge < -0.3 is 10.5 Å². The molecule has 2 fully saturated rings. The maximum Gasteiger partial charge on any atom is 0.282 e. The van der Waals surface area contributed by atoms with Crippen LogP contribution in [0.25, 0.3) is 0 Å². The van der Waals surface area contributed by atoms with E-state index in [1.165, 1.54) is 0 Å². The average Bonchev–Trinajstić information content (AvgIpc) is 2.37. The Morgan fingerprint density at radius 2 is 1.76 bits per heavy atom. The predicted octanol–water partition coefficient (Wildman–Crippen LogP) is 0.821. The van der Waals surface area contributed by atoms with Crippen molar-refractivity contribution in [3.8, 4) is 0 Å². The van der Waals surface area contributed by atoms with Gasteiger partial charge in [-0.15, -0.1) is 12.4 Å². The molecule has 0 spiro atoms. The third kappa shape index (κ3) is 4.30. The molecule has 21 heavy (non-hydrogen) atoms. The van der Waals surface area contributed by atoms with E-state index < -0.39 is 10.2 Å². The van der Waals surface area contributed by atoms with Gasteiger partial charge >= 0.3 is 0 Å². The number of nitrogens with zero attached hydrogens (tertiary/aromatic N) is 2. The molecule has 2 N–H and O–H groups in total. The molecule has 0 amide bonds. The van der Waals surface area contributed by atoms with E-state index in [1.54, 1.807) is 8.61 Å². The quantitative estimate of drug-likeness (QED) is 0.824. The standard InChI is InChI=1S/C13H27N3O3S.ClH/c1-10-4-5-16(13(6-10)7-14)20(17,18)15-8-11(2)19-12(3)9-15;/h10-13H,4-9,14H2,1-3H3;1H. The summed E-state index contributed by atoms with van der Waals surface area (Å²) in [6.45, 7) is 7.80. The van der Waals surface area contributed by atoms with Crippen molar-refractivity contribution in [3.05, 3.63) is 0 Å². The first-order valence-electron chi connectivity index (χ1n) is 7.47. The van der Waals surface area contributed by atoms with Crippen LogP contribution in [0, 0.1) is 5.92 Å². The second-order valence-electron chi connectivity index (χ2n) is 6.21. The Balaban J connectivity index is 0.00000220. The smallest absolute Gasteiger partial charge is 0.282 e. The van der Waals surface area contributed by atoms with Crippen molar-refractivity contribution in [1.29, 1.82) is 0 Å². The van der Waals surface area contributed by atoms with Crippen LogP contribution in [0.5, 0.6) is 0 Å². The fraction of sp³-hybridized carbons (Fsp3) is 1.00. The number of hydrogen-bond donors (Lipinski definition) is 1. The molecule has 0 aromatic carbocycles. The summed E-state index contributed by atoms with van der Waals surface area (Å²) in [5.74, 6) is 0.539. The normalized spacial score (nSPS) is 36.2. The second-order valence-corrected chi connectivity index (χ2v) is 8.09. The highest BCUT2D eigenvalue weighted by atomic mass is 35.5. The van der Waals surface area contributed by atoms with Crippen LogP contribution in [0.4, 0.5) is 0 Å². The van der Waals surface area contributed by atoms with E-state index >= 15 is 0 Å². The third-order valence-corrected chi connectivity index (χ3v) is 6.23. The van der Waals surface area contributed by atoms with Crippen LogP contribution in [0.2, 0.25) is 0 Å². The first-order chi connectivity index (χ1) is 9.34. The fourth-order valence-electron chi connectivity index (χ4n) is 3.22. The van der Waals surface area contributed by atoms with Crippen LogP contribution < -0.4 is 5.73 Å². The van der Waals surface area contributed by atoms with E-state index in [0.29, 0.717) is 32.1 Å². The minimum absolute atomic E-state index is 0. The number of hydrogen-bond acceptors (Lipinski definition) is 4. The molecule has 0 radical (unpaired) electrons. The summed E-state index contributed by atoms with van der Waals surface area (Å²) in [5, 5.41) is 0. The molecule has 4 unspecified atom stereocenters. The zero-order valence-corrected chi connectivity index (χ0v) is 14.7. The van der Waals surface area contributed by atoms with Gasteiger partial charge in [-0.2, -0.15) is 17.0 Å². The van der Waals surface area contributed by atoms with Gasteiger partial charge in [0.25, 0.3) is 10.2 Å². The van der Waals surface area contributed by atoms with E-state index in [2.05, 4.69) is 6.92 Å². The summed E-state index contributed by atoms with van der Waals surface area (Å²) < 4.78 is 34.5. The first kappa shape index (κ1) is 19.1. The van der Waals surface area contributed by atoms with Gasteiger partial charge in [-0.1, -0.05) is 6.92 Å². The van der Waals surface area contributed by atoms with E-state index in [0.717, 1.165) is 12.8 Å². The number of nitrogens with two attached hydrogens (primary N) is 1. The first-order valence-corrected chi connectivity index (χ1v) is 8.86. The summed E-state index contributed by atoms with van der Waals surface area (Å²) >= 11 is 0. The number of piperidine rings is 1. The van der Waals surface area contributed by atoms with Gasteiger partial charge in [-0.3, -0.25) is 0 Å². The summed E-state index contributed by atoms with van der Waals surface area (Å²) in [5.41, 5.74) is 5.79. The molecule has 0 saturated carbocycles. The SMILES string of the molecule is CC1CCN(S(=O)(=O)N2CC(C)OC(C)C2)C(CN)C1.Cl. The zero-order chi connectivity index (χ0) is 14.9. The van der Waals surface area contributed by atoms with Gasteiger partial charge in [-0.25, -0.2) is 0 Å². The van der Waals surface area contributed by atoms with Crippen molar-refractivity contribution < 1.29 is 13.2 Å². The Bertz CT molecular complexity index is 424. The van der Waals surface area contributed by atoms with Gasteiger partial charge in [0.2, 0.25) is 0 Å². The summed E-state index contributed by atoms with van der Waals surface area (Å²) in [6.07, 6.45) is 1.64. The van der Waals surface area contributed by atoms with Crippen molar-refractivity contribution in [1.82, 2.24) is 8.61 Å². The number of ether oxygens (including phenoxy) is 1. The lowest BCUT2D eigenvalue weighted by Crippen LogP contribution is -2.58. The van der Waals surface area contributed by atoms with Gasteiger partial charge in [0, 0.05) is 32.2 Å². The average molecular weight is 342 g/mol. The second kappa shape index (κ2) is 7.57. The molecule has 2 saturated heterocycles. The molecule has 2 aliphatic heterocycles. The summed E-state index contributed by atoms with van der Waals surface area (Å²) in [7, 11) is -3.43. The van der Waals surface area contributed by atoms with E-state index in [9.17, 15) is 8.42 Å². The summed E-state index contributed by atoms with van der Waals surface area (Å²) in [6, 6.07) is -0.0720. The Morgan fingerprint density at radius 3 is 2.29 bits per heavy atom. The minimum Gasteiger partial charge on any atom is -0.373 e. The van der Waals surface area contributed by atoms with Gasteiger partial charge in [-0.05, 0) is 32.6 Å². The predicted molar refractivity (Wildman–Crippen MR) is 85.7 cm³/mol. The Hall–Kier alpha value is 0.0800. The number of halogens is 1. The van der Waals surface area contributed by atoms with Crippen molar-refractivity contribution in [2.24, 2.45) is 11.7 Å². The van der Waals surface area contributed by atoms with Crippen LogP contribution >= 0.6 is 12.4 Å². The molecule has 0 aromatic rings. The lowest BCUT2D eigenvalue weighted by molar-refractivity contribution is -0.0461. The Labute approximate surface area is 134 Å². The van der Waals surface area contributed by atoms with E-state index in [-0.39, 0.29) is 30.7 Å². The molecule has 4 atom stereocenters. The molecule has 2 aliphatic rings. The molecule has 0 aliphatic carbocycles. The summed E-state index contributed by atoms with van der Waals surface area (Å²) in [4.78, 5) is 0. The van der Waals surface area contributed by atoms with Gasteiger partial charge in [0.05, 0.1) is 12.2 Å². The molecule has 8 heteroatoms. The van der Waals surface area contributed by atoms with Crippen LogP contribution in [0.15, 0.2) is 0 Å². The highest BCUT2D eigenvalue weighted by Gasteiger charge is 2.40. The topological polar surface area (TPSA) is 75.9 Å². The van der Waals surface area contributed by atoms with Crippen molar-refractivity contribution in [2.75, 3.05) is 26.2 Å². The Kier molecular flexibility index (Phi) is 6.89. The minimum atomic E-state index is -3.43. The molecular weight excluding hydrogens is 314 g/mol. The molecule has 0 bridgehead atoms. The number of rotatable bonds is 3. The van der Waals surface area contributed by atoms with Crippen molar-refractivity contribution >= 4 is 22.6 Å². The fourth-order valence-corrected chi connectivity index (χ4v) is 5.19. The van der Waals surface area contributed by atoms with E-state index in [4.69, 9.17) is 10.5 Å². The van der Waals surface area contributed by atoms with Crippen LogP contribution in [0.1, 0.15) is 33.6 Å². The molecular formula is C13H28ClN3O3S. The van der Waals surface area contributed by atoms with Crippen molar-refractivity contribution in [2.45, 2.75) is 51.9 Å². The largest absolute Gasteiger partial charge is 0.373 e. The highest BCUT2D eigenvalue weighted by Crippen LogP contribution is 2.27. The molecule has 0 aromatic heterocycles. The van der Waals surface area contributed by atoms with Gasteiger partial charge in [0.15, 0.2) is 0 Å². The monoisotopic (exact) mass is 341 g/mol. The van der Waals surface area contributed by atoms with Crippen LogP contribution in [0.3, 0.4) is 0 Å². The third-order valence-electron chi connectivity index (χ3n) is 4.20. The van der Waals surface area contributed by atoms with Crippen molar-refractivity contribution in [3.63, 3.8) is 0 Å². The lowest BCUT2D eigenvalue weighted by atomic mass is 9.94. The molecule has 126 valence electrons. The van der Waals surface area contributed by atoms with Crippen LogP contribution in [-0.2, 0) is 14.9 Å². The lowest BCUT2D eigenvalue weighted by Gasteiger charge is -2.42.